The van der Waals surface area contributed by atoms with E-state index < -0.39 is 0 Å². The molecule has 35 heavy (non-hydrogen) atoms. The fourth-order valence-electron chi connectivity index (χ4n) is 4.75. The Morgan fingerprint density at radius 1 is 0.686 bits per heavy atom. The highest BCUT2D eigenvalue weighted by molar-refractivity contribution is 5.63. The van der Waals surface area contributed by atoms with E-state index in [0.29, 0.717) is 6.42 Å². The molecular weight excluding hydrogens is 430 g/mol. The van der Waals surface area contributed by atoms with E-state index in [1.54, 1.807) is 0 Å². The van der Waals surface area contributed by atoms with E-state index in [9.17, 15) is 5.11 Å². The van der Waals surface area contributed by atoms with Crippen LogP contribution in [0.15, 0.2) is 66.9 Å². The van der Waals surface area contributed by atoms with Gasteiger partial charge >= 0.3 is 0 Å². The average molecular weight is 470 g/mol. The van der Waals surface area contributed by atoms with Crippen LogP contribution < -0.4 is 0 Å². The summed E-state index contributed by atoms with van der Waals surface area (Å²) in [7, 11) is 0. The number of aryl methyl sites for hydroxylation is 1. The Labute approximate surface area is 210 Å². The second-order valence-electron chi connectivity index (χ2n) is 9.61. The zero-order valence-electron chi connectivity index (χ0n) is 21.1. The van der Waals surface area contributed by atoms with E-state index in [2.05, 4.69) is 31.2 Å². The predicted octanol–water partition coefficient (Wildman–Crippen LogP) is 8.16. The molecule has 0 aliphatic rings. The van der Waals surface area contributed by atoms with Crippen LogP contribution in [-0.2, 0) is 12.8 Å². The Bertz CT molecular complexity index is 1170. The van der Waals surface area contributed by atoms with Gasteiger partial charge in [0.2, 0.25) is 5.88 Å². The van der Waals surface area contributed by atoms with Crippen LogP contribution in [0.1, 0.15) is 88.1 Å². The Kier molecular flexibility index (Phi) is 9.33. The van der Waals surface area contributed by atoms with Crippen LogP contribution in [0.3, 0.4) is 0 Å². The van der Waals surface area contributed by atoms with Crippen LogP contribution in [0, 0.1) is 0 Å². The number of fused-ring (bicyclic) bond motifs is 1. The topological polar surface area (TPSA) is 50.4 Å². The van der Waals surface area contributed by atoms with Crippen molar-refractivity contribution < 1.29 is 5.11 Å². The van der Waals surface area contributed by atoms with Crippen molar-refractivity contribution in [1.29, 1.82) is 0 Å². The molecule has 4 rings (SSSR count). The summed E-state index contributed by atoms with van der Waals surface area (Å²) in [5.74, 6) is 0.254. The third-order valence-electron chi connectivity index (χ3n) is 6.77. The van der Waals surface area contributed by atoms with Gasteiger partial charge in [0.15, 0.2) is 5.65 Å². The van der Waals surface area contributed by atoms with E-state index >= 15 is 0 Å². The quantitative estimate of drug-likeness (QED) is 0.190. The first-order valence-corrected chi connectivity index (χ1v) is 13.5. The normalized spacial score (nSPS) is 11.3. The molecule has 0 unspecified atom stereocenters. The predicted molar refractivity (Wildman–Crippen MR) is 145 cm³/mol. The zero-order chi connectivity index (χ0) is 24.3. The molecule has 2 aromatic heterocycles. The van der Waals surface area contributed by atoms with E-state index in [1.165, 1.54) is 63.4 Å². The number of aromatic nitrogens is 3. The molecule has 2 aromatic carbocycles. The van der Waals surface area contributed by atoms with Crippen molar-refractivity contribution in [2.24, 2.45) is 0 Å². The minimum Gasteiger partial charge on any atom is -0.493 e. The SMILES string of the molecule is CCCCCCCCCCCCc1nc2c(Cc3ccccc3)nc(-c3ccccc3)cn2c1O. The molecule has 2 heterocycles. The van der Waals surface area contributed by atoms with Gasteiger partial charge in [0, 0.05) is 18.2 Å². The lowest BCUT2D eigenvalue weighted by atomic mass is 10.1. The standard InChI is InChI=1S/C31H39N3O/c1-2-3-4-5-6-7-8-9-10-17-22-27-31(35)34-24-29(26-20-15-12-16-21-26)32-28(30(34)33-27)23-25-18-13-11-14-19-25/h11-16,18-21,24,35H,2-10,17,22-23H2,1H3. The summed E-state index contributed by atoms with van der Waals surface area (Å²) in [6.45, 7) is 2.27. The Hall–Kier alpha value is -3.14. The molecule has 4 aromatic rings. The fraction of sp³-hybridized carbons (Fsp3) is 0.419. The van der Waals surface area contributed by atoms with E-state index in [-0.39, 0.29) is 5.88 Å². The lowest BCUT2D eigenvalue weighted by molar-refractivity contribution is 0.439. The summed E-state index contributed by atoms with van der Waals surface area (Å²) >= 11 is 0. The number of benzene rings is 2. The minimum absolute atomic E-state index is 0.254. The van der Waals surface area contributed by atoms with Crippen molar-refractivity contribution in [1.82, 2.24) is 14.4 Å². The van der Waals surface area contributed by atoms with Crippen molar-refractivity contribution in [3.05, 3.63) is 83.8 Å². The Morgan fingerprint density at radius 3 is 1.94 bits per heavy atom. The number of rotatable bonds is 14. The number of unbranched alkanes of at least 4 members (excludes halogenated alkanes) is 9. The molecule has 0 amide bonds. The lowest BCUT2D eigenvalue weighted by Gasteiger charge is -2.08. The first kappa shape index (κ1) is 25.0. The molecule has 4 heteroatoms. The number of imidazole rings is 1. The van der Waals surface area contributed by atoms with Crippen molar-refractivity contribution >= 4 is 5.65 Å². The maximum atomic E-state index is 11.1. The van der Waals surface area contributed by atoms with Gasteiger partial charge in [-0.25, -0.2) is 9.97 Å². The summed E-state index contributed by atoms with van der Waals surface area (Å²) in [5.41, 5.74) is 5.50. The summed E-state index contributed by atoms with van der Waals surface area (Å²) < 4.78 is 1.83. The monoisotopic (exact) mass is 469 g/mol. The highest BCUT2D eigenvalue weighted by Crippen LogP contribution is 2.28. The highest BCUT2D eigenvalue weighted by Gasteiger charge is 2.17. The molecule has 184 valence electrons. The molecule has 0 saturated heterocycles. The molecular formula is C31H39N3O. The van der Waals surface area contributed by atoms with Crippen LogP contribution >= 0.6 is 0 Å². The average Bonchev–Trinajstić information content (AvgIpc) is 3.22. The van der Waals surface area contributed by atoms with Crippen molar-refractivity contribution in [2.45, 2.75) is 84.0 Å². The molecule has 0 aliphatic carbocycles. The van der Waals surface area contributed by atoms with Gasteiger partial charge < -0.3 is 5.11 Å². The molecule has 0 saturated carbocycles. The minimum atomic E-state index is 0.254. The van der Waals surface area contributed by atoms with Gasteiger partial charge in [0.05, 0.1) is 11.4 Å². The number of nitrogens with zero attached hydrogens (tertiary/aromatic N) is 3. The molecule has 1 N–H and O–H groups in total. The van der Waals surface area contributed by atoms with Gasteiger partial charge in [-0.1, -0.05) is 125 Å². The van der Waals surface area contributed by atoms with Crippen LogP contribution in [0.2, 0.25) is 0 Å². The highest BCUT2D eigenvalue weighted by atomic mass is 16.3. The van der Waals surface area contributed by atoms with Gasteiger partial charge in [0.25, 0.3) is 0 Å². The molecule has 0 spiro atoms. The van der Waals surface area contributed by atoms with Crippen LogP contribution in [0.25, 0.3) is 16.9 Å². The van der Waals surface area contributed by atoms with Crippen molar-refractivity contribution in [2.75, 3.05) is 0 Å². The van der Waals surface area contributed by atoms with Crippen LogP contribution in [0.4, 0.5) is 0 Å². The molecule has 0 aliphatic heterocycles. The second-order valence-corrected chi connectivity index (χ2v) is 9.61. The molecule has 0 bridgehead atoms. The van der Waals surface area contributed by atoms with Crippen LogP contribution in [-0.4, -0.2) is 19.5 Å². The van der Waals surface area contributed by atoms with Gasteiger partial charge in [-0.2, -0.15) is 0 Å². The summed E-state index contributed by atoms with van der Waals surface area (Å²) in [4.78, 5) is 9.85. The first-order chi connectivity index (χ1) is 17.3. The first-order valence-electron chi connectivity index (χ1n) is 13.5. The Morgan fingerprint density at radius 2 is 1.29 bits per heavy atom. The summed E-state index contributed by atoms with van der Waals surface area (Å²) in [6, 6.07) is 20.5. The second kappa shape index (κ2) is 13.1. The number of hydrogen-bond donors (Lipinski definition) is 1. The van der Waals surface area contributed by atoms with E-state index in [4.69, 9.17) is 9.97 Å². The van der Waals surface area contributed by atoms with Gasteiger partial charge in [-0.05, 0) is 18.4 Å². The molecule has 0 radical (unpaired) electrons. The van der Waals surface area contributed by atoms with Gasteiger partial charge in [-0.15, -0.1) is 0 Å². The van der Waals surface area contributed by atoms with Gasteiger partial charge in [0.1, 0.15) is 5.69 Å². The van der Waals surface area contributed by atoms with Crippen molar-refractivity contribution in [3.8, 4) is 17.1 Å². The maximum Gasteiger partial charge on any atom is 0.219 e. The lowest BCUT2D eigenvalue weighted by Crippen LogP contribution is -2.00. The Balaban J connectivity index is 1.44. The summed E-state index contributed by atoms with van der Waals surface area (Å²) in [5, 5.41) is 11.1. The number of aromatic hydroxyl groups is 1. The largest absolute Gasteiger partial charge is 0.493 e. The molecule has 0 atom stereocenters. The molecule has 0 fully saturated rings. The van der Waals surface area contributed by atoms with Crippen LogP contribution in [0.5, 0.6) is 5.88 Å². The fourth-order valence-corrected chi connectivity index (χ4v) is 4.75. The number of hydrogen-bond acceptors (Lipinski definition) is 3. The van der Waals surface area contributed by atoms with Gasteiger partial charge in [-0.3, -0.25) is 4.40 Å². The third kappa shape index (κ3) is 6.94. The molecule has 4 nitrogen and oxygen atoms in total. The van der Waals surface area contributed by atoms with E-state index in [0.717, 1.165) is 41.1 Å². The van der Waals surface area contributed by atoms with Crippen molar-refractivity contribution in [3.63, 3.8) is 0 Å². The van der Waals surface area contributed by atoms with E-state index in [1.807, 2.05) is 47.0 Å². The third-order valence-corrected chi connectivity index (χ3v) is 6.77. The smallest absolute Gasteiger partial charge is 0.219 e. The maximum absolute atomic E-state index is 11.1. The zero-order valence-corrected chi connectivity index (χ0v) is 21.1. The summed E-state index contributed by atoms with van der Waals surface area (Å²) in [6.07, 6.45) is 16.4.